The van der Waals surface area contributed by atoms with Crippen molar-refractivity contribution in [1.29, 1.82) is 0 Å². The molecule has 0 unspecified atom stereocenters. The molecule has 2 N–H and O–H groups in total. The van der Waals surface area contributed by atoms with E-state index in [1.165, 1.54) is 10.4 Å². The molecule has 0 fully saturated rings. The molecule has 0 aromatic carbocycles. The Bertz CT molecular complexity index is 536. The summed E-state index contributed by atoms with van der Waals surface area (Å²) in [6.07, 6.45) is 4.66. The molecule has 0 aliphatic carbocycles. The van der Waals surface area contributed by atoms with E-state index in [4.69, 9.17) is 10.7 Å². The Kier molecular flexibility index (Phi) is 5.09. The molecule has 2 aromatic rings. The summed E-state index contributed by atoms with van der Waals surface area (Å²) in [5.74, 6) is 0.423. The molecule has 2 rings (SSSR count). The van der Waals surface area contributed by atoms with Gasteiger partial charge >= 0.3 is 0 Å². The van der Waals surface area contributed by atoms with Gasteiger partial charge in [-0.15, -0.1) is 11.3 Å². The minimum Gasteiger partial charge on any atom is -0.351 e. The summed E-state index contributed by atoms with van der Waals surface area (Å²) < 4.78 is 0. The van der Waals surface area contributed by atoms with Gasteiger partial charge in [-0.25, -0.2) is 4.98 Å². The van der Waals surface area contributed by atoms with Gasteiger partial charge in [-0.3, -0.25) is 4.98 Å². The van der Waals surface area contributed by atoms with Gasteiger partial charge in [0, 0.05) is 37.4 Å². The van der Waals surface area contributed by atoms with Crippen LogP contribution in [-0.2, 0) is 13.0 Å². The van der Waals surface area contributed by atoms with Crippen molar-refractivity contribution in [3.05, 3.63) is 40.7 Å². The van der Waals surface area contributed by atoms with Gasteiger partial charge in [0.25, 0.3) is 0 Å². The molecule has 0 aliphatic rings. The second-order valence-corrected chi connectivity index (χ2v) is 6.25. The zero-order chi connectivity index (χ0) is 14.5. The molecule has 0 amide bonds. The van der Waals surface area contributed by atoms with Gasteiger partial charge < -0.3 is 10.6 Å². The predicted molar refractivity (Wildman–Crippen MR) is 85.3 cm³/mol. The van der Waals surface area contributed by atoms with Crippen molar-refractivity contribution in [3.8, 4) is 0 Å². The van der Waals surface area contributed by atoms with Crippen molar-refractivity contribution >= 4 is 16.5 Å². The Labute approximate surface area is 124 Å². The molecule has 0 spiro atoms. The molecule has 108 valence electrons. The smallest absolute Gasteiger partial charge is 0.185 e. The summed E-state index contributed by atoms with van der Waals surface area (Å²) >= 11 is 1.71. The van der Waals surface area contributed by atoms with Crippen molar-refractivity contribution in [3.63, 3.8) is 0 Å². The molecule has 5 heteroatoms. The lowest BCUT2D eigenvalue weighted by Gasteiger charge is -2.15. The van der Waals surface area contributed by atoms with Gasteiger partial charge in [0.1, 0.15) is 0 Å². The van der Waals surface area contributed by atoms with E-state index in [0.29, 0.717) is 12.5 Å². The fourth-order valence-electron chi connectivity index (χ4n) is 2.05. The van der Waals surface area contributed by atoms with Crippen molar-refractivity contribution in [2.45, 2.75) is 32.7 Å². The first-order valence-electron chi connectivity index (χ1n) is 6.91. The first-order valence-corrected chi connectivity index (χ1v) is 7.73. The summed E-state index contributed by atoms with van der Waals surface area (Å²) in [5, 5.41) is 1.06. The highest BCUT2D eigenvalue weighted by atomic mass is 32.1. The third-order valence-electron chi connectivity index (χ3n) is 3.26. The van der Waals surface area contributed by atoms with Crippen molar-refractivity contribution in [1.82, 2.24) is 9.97 Å². The molecule has 0 saturated heterocycles. The Balaban J connectivity index is 2.04. The van der Waals surface area contributed by atoms with Gasteiger partial charge in [0.2, 0.25) is 0 Å². The van der Waals surface area contributed by atoms with Crippen LogP contribution in [0.3, 0.4) is 0 Å². The summed E-state index contributed by atoms with van der Waals surface area (Å²) in [6.45, 7) is 5.84. The molecule has 20 heavy (non-hydrogen) atoms. The Hall–Kier alpha value is -1.46. The fourth-order valence-corrected chi connectivity index (χ4v) is 3.13. The highest BCUT2D eigenvalue weighted by molar-refractivity contribution is 7.15. The molecule has 2 heterocycles. The van der Waals surface area contributed by atoms with Gasteiger partial charge in [-0.2, -0.15) is 0 Å². The Morgan fingerprint density at radius 1 is 1.30 bits per heavy atom. The number of nitrogens with zero attached hydrogens (tertiary/aromatic N) is 3. The van der Waals surface area contributed by atoms with Crippen molar-refractivity contribution in [2.24, 2.45) is 5.73 Å². The minimum atomic E-state index is 0.423. The van der Waals surface area contributed by atoms with Gasteiger partial charge in [-0.1, -0.05) is 13.8 Å². The van der Waals surface area contributed by atoms with E-state index in [9.17, 15) is 0 Å². The summed E-state index contributed by atoms with van der Waals surface area (Å²) in [4.78, 5) is 12.2. The number of likely N-dealkylation sites (N-methyl/N-ethyl adjacent to an activating group) is 1. The van der Waals surface area contributed by atoms with Crippen LogP contribution >= 0.6 is 11.3 Å². The van der Waals surface area contributed by atoms with Crippen LogP contribution < -0.4 is 10.6 Å². The summed E-state index contributed by atoms with van der Waals surface area (Å²) in [5.41, 5.74) is 8.25. The van der Waals surface area contributed by atoms with Crippen LogP contribution in [0.1, 0.15) is 35.9 Å². The van der Waals surface area contributed by atoms with E-state index in [1.54, 1.807) is 11.3 Å². The number of thiazole rings is 1. The maximum atomic E-state index is 5.81. The molecular weight excluding hydrogens is 268 g/mol. The zero-order valence-corrected chi connectivity index (χ0v) is 13.2. The molecule has 2 aromatic heterocycles. The molecule has 0 atom stereocenters. The average molecular weight is 290 g/mol. The molecule has 0 aliphatic heterocycles. The predicted octanol–water partition coefficient (Wildman–Crippen LogP) is 2.80. The number of aromatic nitrogens is 2. The maximum absolute atomic E-state index is 5.81. The quantitative estimate of drug-likeness (QED) is 0.889. The summed E-state index contributed by atoms with van der Waals surface area (Å²) in [7, 11) is 2.09. The zero-order valence-electron chi connectivity index (χ0n) is 12.3. The topological polar surface area (TPSA) is 55.0 Å². The van der Waals surface area contributed by atoms with E-state index >= 15 is 0 Å². The third kappa shape index (κ3) is 3.55. The van der Waals surface area contributed by atoms with E-state index in [0.717, 1.165) is 23.8 Å². The van der Waals surface area contributed by atoms with E-state index < -0.39 is 0 Å². The first-order chi connectivity index (χ1) is 9.61. The SMILES string of the molecule is CC(C)c1nc(N(C)CCc2ccncc2)sc1CN. The van der Waals surface area contributed by atoms with Crippen LogP contribution in [-0.4, -0.2) is 23.6 Å². The normalized spacial score (nSPS) is 11.1. The lowest BCUT2D eigenvalue weighted by molar-refractivity contribution is 0.802. The van der Waals surface area contributed by atoms with Gasteiger partial charge in [0.15, 0.2) is 5.13 Å². The average Bonchev–Trinajstić information content (AvgIpc) is 2.90. The molecule has 0 bridgehead atoms. The lowest BCUT2D eigenvalue weighted by atomic mass is 10.1. The number of pyridine rings is 1. The number of hydrogen-bond donors (Lipinski definition) is 1. The van der Waals surface area contributed by atoms with E-state index in [1.807, 2.05) is 12.4 Å². The van der Waals surface area contributed by atoms with Crippen molar-refractivity contribution < 1.29 is 0 Å². The van der Waals surface area contributed by atoms with Crippen molar-refractivity contribution in [2.75, 3.05) is 18.5 Å². The van der Waals surface area contributed by atoms with E-state index in [2.05, 4.69) is 42.9 Å². The number of rotatable bonds is 6. The largest absolute Gasteiger partial charge is 0.351 e. The first kappa shape index (κ1) is 14.9. The Morgan fingerprint density at radius 3 is 2.55 bits per heavy atom. The van der Waals surface area contributed by atoms with Crippen LogP contribution in [0.25, 0.3) is 0 Å². The van der Waals surface area contributed by atoms with Crippen LogP contribution in [0.2, 0.25) is 0 Å². The van der Waals surface area contributed by atoms with Crippen LogP contribution in [0.15, 0.2) is 24.5 Å². The van der Waals surface area contributed by atoms with Gasteiger partial charge in [-0.05, 0) is 30.0 Å². The van der Waals surface area contributed by atoms with Gasteiger partial charge in [0.05, 0.1) is 5.69 Å². The molecular formula is C15H22N4S. The monoisotopic (exact) mass is 290 g/mol. The number of anilines is 1. The van der Waals surface area contributed by atoms with Crippen LogP contribution in [0, 0.1) is 0 Å². The molecule has 0 radical (unpaired) electrons. The minimum absolute atomic E-state index is 0.423. The standard InChI is InChI=1S/C15H22N4S/c1-11(2)14-13(10-16)20-15(18-14)19(3)9-6-12-4-7-17-8-5-12/h4-5,7-8,11H,6,9-10,16H2,1-3H3. The summed E-state index contributed by atoms with van der Waals surface area (Å²) in [6, 6.07) is 4.11. The second-order valence-electron chi connectivity index (χ2n) is 5.19. The maximum Gasteiger partial charge on any atom is 0.185 e. The third-order valence-corrected chi connectivity index (χ3v) is 4.47. The fraction of sp³-hybridized carbons (Fsp3) is 0.467. The van der Waals surface area contributed by atoms with E-state index in [-0.39, 0.29) is 0 Å². The highest BCUT2D eigenvalue weighted by Gasteiger charge is 2.15. The highest BCUT2D eigenvalue weighted by Crippen LogP contribution is 2.29. The number of nitrogens with two attached hydrogens (primary N) is 1. The Morgan fingerprint density at radius 2 is 2.00 bits per heavy atom. The van der Waals surface area contributed by atoms with Crippen LogP contribution in [0.5, 0.6) is 0 Å². The lowest BCUT2D eigenvalue weighted by Crippen LogP contribution is -2.20. The molecule has 4 nitrogen and oxygen atoms in total. The van der Waals surface area contributed by atoms with Crippen LogP contribution in [0.4, 0.5) is 5.13 Å². The molecule has 0 saturated carbocycles. The second kappa shape index (κ2) is 6.81. The number of hydrogen-bond acceptors (Lipinski definition) is 5.